The molecule has 1 amide bonds. The molecule has 1 aliphatic heterocycles. The molecule has 7 nitrogen and oxygen atoms in total. The minimum absolute atomic E-state index is 0.154. The molecular weight excluding hydrogens is 354 g/mol. The Morgan fingerprint density at radius 1 is 1.08 bits per heavy atom. The molecule has 2 heterocycles. The summed E-state index contributed by atoms with van der Waals surface area (Å²) in [7, 11) is -3.75. The second kappa shape index (κ2) is 7.61. The summed E-state index contributed by atoms with van der Waals surface area (Å²) in [5.74, 6) is -0.941. The first-order valence-corrected chi connectivity index (χ1v) is 10.0. The van der Waals surface area contributed by atoms with Crippen LogP contribution in [0.4, 0.5) is 0 Å². The molecule has 1 aromatic carbocycles. The third-order valence-electron chi connectivity index (χ3n) is 4.64. The van der Waals surface area contributed by atoms with Gasteiger partial charge in [-0.1, -0.05) is 31.2 Å². The maximum absolute atomic E-state index is 12.7. The molecule has 1 fully saturated rings. The number of benzene rings is 1. The van der Waals surface area contributed by atoms with Gasteiger partial charge >= 0.3 is 0 Å². The zero-order valence-corrected chi connectivity index (χ0v) is 15.5. The van der Waals surface area contributed by atoms with E-state index in [0.717, 1.165) is 13.0 Å². The van der Waals surface area contributed by atoms with Gasteiger partial charge in [-0.25, -0.2) is 8.42 Å². The molecule has 0 bridgehead atoms. The minimum atomic E-state index is -3.75. The Morgan fingerprint density at radius 2 is 1.73 bits per heavy atom. The molecule has 0 atom stereocenters. The van der Waals surface area contributed by atoms with Gasteiger partial charge in [0, 0.05) is 32.7 Å². The van der Waals surface area contributed by atoms with E-state index < -0.39 is 15.9 Å². The molecule has 0 spiro atoms. The molecule has 0 saturated carbocycles. The van der Waals surface area contributed by atoms with Crippen LogP contribution in [0.25, 0.3) is 0 Å². The number of aryl methyl sites for hydroxylation is 1. The summed E-state index contributed by atoms with van der Waals surface area (Å²) in [5.41, 5.74) is 7.71. The summed E-state index contributed by atoms with van der Waals surface area (Å²) in [6.07, 6.45) is 0.977. The Morgan fingerprint density at radius 3 is 2.31 bits per heavy atom. The number of hydrogen-bond donors (Lipinski definition) is 1. The molecule has 0 radical (unpaired) electrons. The van der Waals surface area contributed by atoms with Crippen LogP contribution in [0.5, 0.6) is 0 Å². The van der Waals surface area contributed by atoms with Crippen molar-refractivity contribution in [2.75, 3.05) is 26.2 Å². The first-order valence-electron chi connectivity index (χ1n) is 8.60. The largest absolute Gasteiger partial charge is 0.438 e. The van der Waals surface area contributed by atoms with Crippen LogP contribution in [0.2, 0.25) is 0 Å². The number of nitrogens with zero attached hydrogens (tertiary/aromatic N) is 2. The van der Waals surface area contributed by atoms with E-state index in [1.807, 2.05) is 12.1 Å². The number of sulfonamides is 1. The zero-order chi connectivity index (χ0) is 18.7. The summed E-state index contributed by atoms with van der Waals surface area (Å²) in [6.45, 7) is 4.98. The maximum atomic E-state index is 12.7. The van der Waals surface area contributed by atoms with E-state index in [1.54, 1.807) is 0 Å². The number of nitrogens with two attached hydrogens (primary N) is 1. The van der Waals surface area contributed by atoms with E-state index in [4.69, 9.17) is 10.2 Å². The molecule has 3 rings (SSSR count). The highest BCUT2D eigenvalue weighted by atomic mass is 32.2. The number of primary amides is 1. The van der Waals surface area contributed by atoms with Gasteiger partial charge in [0.25, 0.3) is 15.9 Å². The SMILES string of the molecule is CCc1ccccc1CN1CCN(S(=O)(=O)c2ccc(C(N)=O)o2)CC1. The second-order valence-electron chi connectivity index (χ2n) is 6.29. The van der Waals surface area contributed by atoms with Gasteiger partial charge in [-0.15, -0.1) is 0 Å². The van der Waals surface area contributed by atoms with Crippen molar-refractivity contribution in [1.82, 2.24) is 9.21 Å². The van der Waals surface area contributed by atoms with Crippen LogP contribution in [0.1, 0.15) is 28.6 Å². The van der Waals surface area contributed by atoms with E-state index >= 15 is 0 Å². The lowest BCUT2D eigenvalue weighted by Gasteiger charge is -2.33. The first kappa shape index (κ1) is 18.6. The van der Waals surface area contributed by atoms with Crippen LogP contribution >= 0.6 is 0 Å². The number of amides is 1. The van der Waals surface area contributed by atoms with Crippen LogP contribution in [0.15, 0.2) is 45.9 Å². The molecule has 2 aromatic rings. The van der Waals surface area contributed by atoms with Crippen molar-refractivity contribution in [2.45, 2.75) is 25.0 Å². The Labute approximate surface area is 153 Å². The van der Waals surface area contributed by atoms with Crippen molar-refractivity contribution >= 4 is 15.9 Å². The Bertz CT molecular complexity index is 883. The minimum Gasteiger partial charge on any atom is -0.438 e. The highest BCUT2D eigenvalue weighted by molar-refractivity contribution is 7.89. The normalized spacial score (nSPS) is 16.7. The van der Waals surface area contributed by atoms with Gasteiger partial charge in [-0.05, 0) is 29.7 Å². The zero-order valence-electron chi connectivity index (χ0n) is 14.7. The summed E-state index contributed by atoms with van der Waals surface area (Å²) >= 11 is 0. The van der Waals surface area contributed by atoms with Crippen LogP contribution in [0.3, 0.4) is 0 Å². The average molecular weight is 377 g/mol. The number of furan rings is 1. The number of piperazine rings is 1. The highest BCUT2D eigenvalue weighted by Crippen LogP contribution is 2.21. The van der Waals surface area contributed by atoms with Crippen LogP contribution in [-0.2, 0) is 23.0 Å². The predicted octanol–water partition coefficient (Wildman–Crippen LogP) is 1.45. The third-order valence-corrected chi connectivity index (χ3v) is 6.42. The second-order valence-corrected chi connectivity index (χ2v) is 8.15. The molecule has 2 N–H and O–H groups in total. The first-order chi connectivity index (χ1) is 12.4. The van der Waals surface area contributed by atoms with Gasteiger partial charge in [0.05, 0.1) is 0 Å². The van der Waals surface area contributed by atoms with Gasteiger partial charge in [0.2, 0.25) is 5.09 Å². The standard InChI is InChI=1S/C18H23N3O4S/c1-2-14-5-3-4-6-15(14)13-20-9-11-21(12-10-20)26(23,24)17-8-7-16(25-17)18(19)22/h3-8H,2,9-13H2,1H3,(H2,19,22). The summed E-state index contributed by atoms with van der Waals surface area (Å²) < 4.78 is 31.8. The number of rotatable bonds is 6. The molecule has 26 heavy (non-hydrogen) atoms. The Hall–Kier alpha value is -2.16. The van der Waals surface area contributed by atoms with Crippen molar-refractivity contribution in [3.63, 3.8) is 0 Å². The summed E-state index contributed by atoms with van der Waals surface area (Å²) in [5, 5.41) is -0.240. The molecule has 1 aromatic heterocycles. The molecule has 140 valence electrons. The van der Waals surface area contributed by atoms with E-state index in [0.29, 0.717) is 26.2 Å². The molecular formula is C18H23N3O4S. The van der Waals surface area contributed by atoms with E-state index in [2.05, 4.69) is 24.0 Å². The van der Waals surface area contributed by atoms with Crippen molar-refractivity contribution in [1.29, 1.82) is 0 Å². The molecule has 8 heteroatoms. The number of hydrogen-bond acceptors (Lipinski definition) is 5. The lowest BCUT2D eigenvalue weighted by Crippen LogP contribution is -2.48. The monoisotopic (exact) mass is 377 g/mol. The maximum Gasteiger partial charge on any atom is 0.284 e. The van der Waals surface area contributed by atoms with Crippen molar-refractivity contribution < 1.29 is 17.6 Å². The molecule has 0 aliphatic carbocycles. The summed E-state index contributed by atoms with van der Waals surface area (Å²) in [4.78, 5) is 13.3. The average Bonchev–Trinajstić information content (AvgIpc) is 3.14. The third kappa shape index (κ3) is 3.82. The number of carbonyl (C=O) groups is 1. The van der Waals surface area contributed by atoms with Gasteiger partial charge < -0.3 is 10.2 Å². The van der Waals surface area contributed by atoms with E-state index in [-0.39, 0.29) is 10.9 Å². The quantitative estimate of drug-likeness (QED) is 0.822. The highest BCUT2D eigenvalue weighted by Gasteiger charge is 2.31. The Balaban J connectivity index is 1.65. The molecule has 1 saturated heterocycles. The predicted molar refractivity (Wildman–Crippen MR) is 97.1 cm³/mol. The van der Waals surface area contributed by atoms with Gasteiger partial charge in [0.15, 0.2) is 5.76 Å². The lowest BCUT2D eigenvalue weighted by atomic mass is 10.0. The van der Waals surface area contributed by atoms with Crippen molar-refractivity contribution in [3.05, 3.63) is 53.3 Å². The van der Waals surface area contributed by atoms with Gasteiger partial charge in [0.1, 0.15) is 0 Å². The molecule has 1 aliphatic rings. The fourth-order valence-electron chi connectivity index (χ4n) is 3.14. The van der Waals surface area contributed by atoms with Crippen LogP contribution in [-0.4, -0.2) is 49.7 Å². The van der Waals surface area contributed by atoms with Crippen molar-refractivity contribution in [2.24, 2.45) is 5.73 Å². The van der Waals surface area contributed by atoms with E-state index in [1.165, 1.54) is 27.6 Å². The fourth-order valence-corrected chi connectivity index (χ4v) is 4.48. The van der Waals surface area contributed by atoms with Crippen molar-refractivity contribution in [3.8, 4) is 0 Å². The lowest BCUT2D eigenvalue weighted by molar-refractivity contribution is 0.0968. The topological polar surface area (TPSA) is 96.9 Å². The fraction of sp³-hybridized carbons (Fsp3) is 0.389. The van der Waals surface area contributed by atoms with E-state index in [9.17, 15) is 13.2 Å². The van der Waals surface area contributed by atoms with Gasteiger partial charge in [-0.2, -0.15) is 4.31 Å². The van der Waals surface area contributed by atoms with Gasteiger partial charge in [-0.3, -0.25) is 9.69 Å². The molecule has 0 unspecified atom stereocenters. The van der Waals surface area contributed by atoms with Crippen LogP contribution < -0.4 is 5.73 Å². The Kier molecular flexibility index (Phi) is 5.45. The number of carbonyl (C=O) groups excluding carboxylic acids is 1. The summed E-state index contributed by atoms with van der Waals surface area (Å²) in [6, 6.07) is 10.9. The smallest absolute Gasteiger partial charge is 0.284 e. The van der Waals surface area contributed by atoms with Crippen LogP contribution in [0, 0.1) is 0 Å².